The predicted octanol–water partition coefficient (Wildman–Crippen LogP) is 4.17. The van der Waals surface area contributed by atoms with Crippen molar-refractivity contribution in [2.24, 2.45) is 4.99 Å². The van der Waals surface area contributed by atoms with Gasteiger partial charge >= 0.3 is 0 Å². The number of benzene rings is 2. The Labute approximate surface area is 202 Å². The Morgan fingerprint density at radius 2 is 1.86 bits per heavy atom. The average Bonchev–Trinajstić information content (AvgIpc) is 2.90. The molecule has 3 heterocycles. The van der Waals surface area contributed by atoms with E-state index in [1.807, 2.05) is 18.2 Å². The van der Waals surface area contributed by atoms with Gasteiger partial charge in [-0.15, -0.1) is 0 Å². The minimum atomic E-state index is -1.08. The molecule has 1 atom stereocenters. The first-order valence-corrected chi connectivity index (χ1v) is 11.4. The van der Waals surface area contributed by atoms with Gasteiger partial charge < -0.3 is 14.7 Å². The summed E-state index contributed by atoms with van der Waals surface area (Å²) in [5, 5.41) is 11.8. The van der Waals surface area contributed by atoms with Gasteiger partial charge in [0, 0.05) is 41.5 Å². The maximum atomic E-state index is 15.1. The molecule has 1 N–H and O–H groups in total. The first-order valence-electron chi connectivity index (χ1n) is 11.4. The Kier molecular flexibility index (Phi) is 6.43. The van der Waals surface area contributed by atoms with Crippen molar-refractivity contribution >= 4 is 28.6 Å². The van der Waals surface area contributed by atoms with Crippen LogP contribution in [0, 0.1) is 12.7 Å². The standard InChI is InChI=1S/C26H25FN6O2/c1-3-28-26-16(2)23(30-15-32-26)25(34)17-4-7-21(27)20(12-17)24-19-6-5-18(13-22(19)29-14-31-24)33-8-10-35-11-9-33/h3-7,12-15,25,34H,8-11H2,1-2H3/b28-3-. The van der Waals surface area contributed by atoms with E-state index in [2.05, 4.69) is 29.8 Å². The first kappa shape index (κ1) is 22.9. The lowest BCUT2D eigenvalue weighted by Gasteiger charge is -2.29. The van der Waals surface area contributed by atoms with E-state index in [0.29, 0.717) is 41.5 Å². The number of hydrogen-bond donors (Lipinski definition) is 1. The number of aliphatic imine (C=N–C) groups is 1. The van der Waals surface area contributed by atoms with Crippen LogP contribution in [-0.4, -0.2) is 57.6 Å². The van der Waals surface area contributed by atoms with Gasteiger partial charge in [0.25, 0.3) is 0 Å². The highest BCUT2D eigenvalue weighted by atomic mass is 19.1. The summed E-state index contributed by atoms with van der Waals surface area (Å²) in [6.07, 6.45) is 3.35. The minimum Gasteiger partial charge on any atom is -0.382 e. The van der Waals surface area contributed by atoms with Crippen LogP contribution in [0.2, 0.25) is 0 Å². The molecule has 4 aromatic rings. The average molecular weight is 473 g/mol. The van der Waals surface area contributed by atoms with Crippen LogP contribution in [-0.2, 0) is 4.74 Å². The smallest absolute Gasteiger partial charge is 0.158 e. The summed E-state index contributed by atoms with van der Waals surface area (Å²) in [7, 11) is 0. The molecule has 2 aromatic carbocycles. The summed E-state index contributed by atoms with van der Waals surface area (Å²) >= 11 is 0. The van der Waals surface area contributed by atoms with Gasteiger partial charge in [-0.2, -0.15) is 0 Å². The van der Waals surface area contributed by atoms with E-state index in [1.54, 1.807) is 32.2 Å². The molecule has 9 heteroatoms. The van der Waals surface area contributed by atoms with Crippen molar-refractivity contribution in [3.05, 3.63) is 71.7 Å². The molecule has 1 aliphatic rings. The third-order valence-corrected chi connectivity index (χ3v) is 6.16. The van der Waals surface area contributed by atoms with Crippen molar-refractivity contribution in [3.8, 4) is 11.3 Å². The van der Waals surface area contributed by atoms with E-state index in [9.17, 15) is 5.11 Å². The van der Waals surface area contributed by atoms with Crippen molar-refractivity contribution in [3.63, 3.8) is 0 Å². The van der Waals surface area contributed by atoms with Gasteiger partial charge in [0.1, 0.15) is 24.6 Å². The van der Waals surface area contributed by atoms with E-state index in [4.69, 9.17) is 4.74 Å². The monoisotopic (exact) mass is 472 g/mol. The molecular weight excluding hydrogens is 447 g/mol. The molecule has 8 nitrogen and oxygen atoms in total. The maximum absolute atomic E-state index is 15.1. The zero-order valence-electron chi connectivity index (χ0n) is 19.5. The normalized spacial score (nSPS) is 15.1. The van der Waals surface area contributed by atoms with Gasteiger partial charge in [-0.25, -0.2) is 29.3 Å². The highest BCUT2D eigenvalue weighted by molar-refractivity contribution is 5.94. The summed E-state index contributed by atoms with van der Waals surface area (Å²) in [5.41, 5.74) is 4.08. The Morgan fingerprint density at radius 1 is 1.06 bits per heavy atom. The maximum Gasteiger partial charge on any atom is 0.158 e. The Bertz CT molecular complexity index is 1400. The number of ether oxygens (including phenoxy) is 1. The Balaban J connectivity index is 1.55. The third kappa shape index (κ3) is 4.48. The number of morpholine rings is 1. The fourth-order valence-corrected chi connectivity index (χ4v) is 4.31. The number of hydrogen-bond acceptors (Lipinski definition) is 8. The van der Waals surface area contributed by atoms with E-state index in [0.717, 1.165) is 29.7 Å². The molecule has 0 saturated carbocycles. The van der Waals surface area contributed by atoms with Crippen LogP contribution in [0.1, 0.15) is 29.8 Å². The largest absolute Gasteiger partial charge is 0.382 e. The third-order valence-electron chi connectivity index (χ3n) is 6.16. The van der Waals surface area contributed by atoms with Crippen molar-refractivity contribution < 1.29 is 14.2 Å². The van der Waals surface area contributed by atoms with Gasteiger partial charge in [0.2, 0.25) is 0 Å². The fourth-order valence-electron chi connectivity index (χ4n) is 4.31. The number of anilines is 1. The van der Waals surface area contributed by atoms with E-state index in [1.165, 1.54) is 18.7 Å². The lowest BCUT2D eigenvalue weighted by Crippen LogP contribution is -2.36. The zero-order valence-corrected chi connectivity index (χ0v) is 19.5. The van der Waals surface area contributed by atoms with Crippen LogP contribution in [0.15, 0.2) is 54.0 Å². The number of fused-ring (bicyclic) bond motifs is 1. The predicted molar refractivity (Wildman–Crippen MR) is 133 cm³/mol. The Hall–Kier alpha value is -3.82. The first-order chi connectivity index (χ1) is 17.1. The molecule has 1 unspecified atom stereocenters. The van der Waals surface area contributed by atoms with E-state index in [-0.39, 0.29) is 5.56 Å². The van der Waals surface area contributed by atoms with E-state index >= 15 is 4.39 Å². The van der Waals surface area contributed by atoms with Crippen molar-refractivity contribution in [1.29, 1.82) is 0 Å². The summed E-state index contributed by atoms with van der Waals surface area (Å²) in [6.45, 7) is 6.59. The summed E-state index contributed by atoms with van der Waals surface area (Å²) in [5.74, 6) is 0.0469. The summed E-state index contributed by atoms with van der Waals surface area (Å²) < 4.78 is 20.5. The number of aromatic nitrogens is 4. The van der Waals surface area contributed by atoms with Gasteiger partial charge in [-0.05, 0) is 49.7 Å². The van der Waals surface area contributed by atoms with Crippen LogP contribution in [0.3, 0.4) is 0 Å². The van der Waals surface area contributed by atoms with Gasteiger partial charge in [-0.1, -0.05) is 6.07 Å². The molecule has 1 aliphatic heterocycles. The quantitative estimate of drug-likeness (QED) is 0.435. The molecule has 2 aromatic heterocycles. The van der Waals surface area contributed by atoms with Gasteiger partial charge in [-0.3, -0.25) is 0 Å². The SMILES string of the molecule is C/C=N\c1ncnc(C(O)c2ccc(F)c(-c3ncnc4cc(N5CCOCC5)ccc34)c2)c1C. The van der Waals surface area contributed by atoms with Crippen LogP contribution >= 0.6 is 0 Å². The van der Waals surface area contributed by atoms with Crippen LogP contribution < -0.4 is 4.90 Å². The zero-order chi connectivity index (χ0) is 24.4. The minimum absolute atomic E-state index is 0.284. The van der Waals surface area contributed by atoms with Crippen LogP contribution in [0.25, 0.3) is 22.2 Å². The molecular formula is C26H25FN6O2. The second kappa shape index (κ2) is 9.81. The topological polar surface area (TPSA) is 96.6 Å². The molecule has 5 rings (SSSR count). The highest BCUT2D eigenvalue weighted by Crippen LogP contribution is 2.34. The lowest BCUT2D eigenvalue weighted by molar-refractivity contribution is 0.122. The molecule has 0 aliphatic carbocycles. The summed E-state index contributed by atoms with van der Waals surface area (Å²) in [4.78, 5) is 23.7. The number of halogens is 1. The molecule has 0 amide bonds. The number of nitrogens with zero attached hydrogens (tertiary/aromatic N) is 6. The van der Waals surface area contributed by atoms with E-state index < -0.39 is 11.9 Å². The van der Waals surface area contributed by atoms with Gasteiger partial charge in [0.15, 0.2) is 5.82 Å². The highest BCUT2D eigenvalue weighted by Gasteiger charge is 2.21. The summed E-state index contributed by atoms with van der Waals surface area (Å²) in [6, 6.07) is 10.4. The molecule has 178 valence electrons. The Morgan fingerprint density at radius 3 is 2.66 bits per heavy atom. The number of aliphatic hydroxyl groups is 1. The molecule has 0 radical (unpaired) electrons. The molecule has 1 fully saturated rings. The number of aliphatic hydroxyl groups excluding tert-OH is 1. The fraction of sp³-hybridized carbons (Fsp3) is 0.269. The van der Waals surface area contributed by atoms with Crippen molar-refractivity contribution in [1.82, 2.24) is 19.9 Å². The van der Waals surface area contributed by atoms with Gasteiger partial charge in [0.05, 0.1) is 30.1 Å². The lowest BCUT2D eigenvalue weighted by atomic mass is 9.98. The second-order valence-corrected chi connectivity index (χ2v) is 8.26. The van der Waals surface area contributed by atoms with Crippen molar-refractivity contribution in [2.75, 3.05) is 31.2 Å². The molecule has 1 saturated heterocycles. The molecule has 0 bridgehead atoms. The van der Waals surface area contributed by atoms with Crippen LogP contribution in [0.4, 0.5) is 15.9 Å². The molecule has 0 spiro atoms. The molecule has 35 heavy (non-hydrogen) atoms. The second-order valence-electron chi connectivity index (χ2n) is 8.26. The van der Waals surface area contributed by atoms with Crippen LogP contribution in [0.5, 0.6) is 0 Å². The van der Waals surface area contributed by atoms with Crippen molar-refractivity contribution in [2.45, 2.75) is 20.0 Å². The number of rotatable bonds is 5.